The third-order valence-corrected chi connectivity index (χ3v) is 7.61. The second-order valence-corrected chi connectivity index (χ2v) is 11.7. The molecule has 0 aliphatic rings. The van der Waals surface area contributed by atoms with Gasteiger partial charge in [0, 0.05) is 17.0 Å². The minimum atomic E-state index is -0.196. The van der Waals surface area contributed by atoms with Crippen LogP contribution in [0.25, 0.3) is 21.1 Å². The van der Waals surface area contributed by atoms with Crippen LogP contribution in [-0.2, 0) is 6.61 Å². The Labute approximate surface area is 242 Å². The van der Waals surface area contributed by atoms with Crippen molar-refractivity contribution in [2.45, 2.75) is 65.9 Å². The SMILES string of the molecule is CC(C)c1ccc(O)c(CO)c1.CC(C)c1ccc(O)c2[nH]c(=O)ccc12.CC(C)c1ccc(O)c2[nH]c(=O)sc12. The number of aliphatic hydroxyl groups is 1. The van der Waals surface area contributed by atoms with Gasteiger partial charge in [-0.25, -0.2) is 0 Å². The van der Waals surface area contributed by atoms with Crippen molar-refractivity contribution in [3.63, 3.8) is 0 Å². The molecule has 2 heterocycles. The highest BCUT2D eigenvalue weighted by Crippen LogP contribution is 2.32. The zero-order chi connectivity index (χ0) is 30.4. The van der Waals surface area contributed by atoms with Crippen LogP contribution < -0.4 is 10.4 Å². The highest BCUT2D eigenvalue weighted by Gasteiger charge is 2.11. The number of aromatic nitrogens is 2. The molecule has 0 saturated heterocycles. The van der Waals surface area contributed by atoms with Crippen molar-refractivity contribution in [2.24, 2.45) is 0 Å². The number of thiazole rings is 1. The molecule has 0 unspecified atom stereocenters. The smallest absolute Gasteiger partial charge is 0.305 e. The molecule has 3 aromatic carbocycles. The molecule has 9 heteroatoms. The van der Waals surface area contributed by atoms with Gasteiger partial charge in [0.15, 0.2) is 0 Å². The van der Waals surface area contributed by atoms with E-state index < -0.39 is 0 Å². The quantitative estimate of drug-likeness (QED) is 0.138. The van der Waals surface area contributed by atoms with E-state index in [4.69, 9.17) is 5.11 Å². The van der Waals surface area contributed by atoms with Gasteiger partial charge in [0.1, 0.15) is 22.8 Å². The molecular weight excluding hydrogens is 540 g/mol. The highest BCUT2D eigenvalue weighted by molar-refractivity contribution is 7.16. The molecule has 0 aliphatic carbocycles. The summed E-state index contributed by atoms with van der Waals surface area (Å²) < 4.78 is 0.866. The fourth-order valence-electron chi connectivity index (χ4n) is 4.35. The van der Waals surface area contributed by atoms with E-state index >= 15 is 0 Å². The molecule has 0 spiro atoms. The number of phenols is 3. The molecule has 6 N–H and O–H groups in total. The summed E-state index contributed by atoms with van der Waals surface area (Å²) in [5, 5.41) is 38.2. The summed E-state index contributed by atoms with van der Waals surface area (Å²) in [6, 6.07) is 15.6. The van der Waals surface area contributed by atoms with Gasteiger partial charge in [-0.1, -0.05) is 71.1 Å². The summed E-state index contributed by atoms with van der Waals surface area (Å²) in [6.07, 6.45) is 0. The normalized spacial score (nSPS) is 11.1. The van der Waals surface area contributed by atoms with E-state index in [1.165, 1.54) is 6.07 Å². The largest absolute Gasteiger partial charge is 0.508 e. The Bertz CT molecular complexity index is 1750. The number of aromatic hydroxyl groups is 3. The van der Waals surface area contributed by atoms with Gasteiger partial charge in [-0.15, -0.1) is 0 Å². The topological polar surface area (TPSA) is 147 Å². The Morgan fingerprint density at radius 3 is 1.85 bits per heavy atom. The maximum Gasteiger partial charge on any atom is 0.305 e. The van der Waals surface area contributed by atoms with Crippen molar-refractivity contribution in [1.82, 2.24) is 9.97 Å². The molecule has 0 saturated carbocycles. The van der Waals surface area contributed by atoms with E-state index in [0.717, 1.165) is 38.1 Å². The number of H-pyrrole nitrogens is 2. The second kappa shape index (κ2) is 13.5. The lowest BCUT2D eigenvalue weighted by molar-refractivity contribution is 0.275. The van der Waals surface area contributed by atoms with Gasteiger partial charge < -0.3 is 30.4 Å². The first kappa shape index (κ1) is 31.4. The van der Waals surface area contributed by atoms with Gasteiger partial charge in [-0.3, -0.25) is 9.59 Å². The average molecular weight is 579 g/mol. The Morgan fingerprint density at radius 2 is 1.27 bits per heavy atom. The van der Waals surface area contributed by atoms with Crippen molar-refractivity contribution < 1.29 is 20.4 Å². The maximum atomic E-state index is 11.2. The lowest BCUT2D eigenvalue weighted by atomic mass is 9.98. The molecular formula is C32H38N2O6S. The van der Waals surface area contributed by atoms with Crippen LogP contribution in [0.3, 0.4) is 0 Å². The number of hydrogen-bond acceptors (Lipinski definition) is 7. The monoisotopic (exact) mass is 578 g/mol. The maximum absolute atomic E-state index is 11.2. The van der Waals surface area contributed by atoms with Crippen LogP contribution >= 0.6 is 11.3 Å². The van der Waals surface area contributed by atoms with Gasteiger partial charge in [0.05, 0.1) is 16.8 Å². The molecule has 5 rings (SSSR count). The molecule has 0 fully saturated rings. The third kappa shape index (κ3) is 7.56. The predicted molar refractivity (Wildman–Crippen MR) is 167 cm³/mol. The number of nitrogens with one attached hydrogen (secondary N) is 2. The average Bonchev–Trinajstić information content (AvgIpc) is 3.32. The summed E-state index contributed by atoms with van der Waals surface area (Å²) in [6.45, 7) is 12.3. The number of hydrogen-bond donors (Lipinski definition) is 6. The Kier molecular flexibility index (Phi) is 10.4. The third-order valence-electron chi connectivity index (χ3n) is 6.68. The number of aromatic amines is 2. The number of pyridine rings is 1. The van der Waals surface area contributed by atoms with Gasteiger partial charge in [-0.05, 0) is 64.8 Å². The van der Waals surface area contributed by atoms with Crippen molar-refractivity contribution in [1.29, 1.82) is 0 Å². The number of aliphatic hydroxyl groups excluding tert-OH is 1. The Hall–Kier alpha value is -4.08. The van der Waals surface area contributed by atoms with Crippen molar-refractivity contribution in [3.05, 3.63) is 96.9 Å². The highest BCUT2D eigenvalue weighted by atomic mass is 32.1. The summed E-state index contributed by atoms with van der Waals surface area (Å²) in [4.78, 5) is 27.5. The molecule has 0 atom stereocenters. The summed E-state index contributed by atoms with van der Waals surface area (Å²) in [5.41, 5.74) is 4.84. The van der Waals surface area contributed by atoms with Crippen molar-refractivity contribution >= 4 is 32.5 Å². The number of fused-ring (bicyclic) bond motifs is 2. The van der Waals surface area contributed by atoms with E-state index in [2.05, 4.69) is 51.5 Å². The number of benzene rings is 3. The fraction of sp³-hybridized carbons (Fsp3) is 0.312. The standard InChI is InChI=1S/C12H13NO2.C10H11NO2S.C10H14O2/c1-7(2)8-3-5-10(14)12-9(8)4-6-11(15)13-12;1-5(2)6-3-4-7(12)8-9(6)14-10(13)11-8;1-7(2)8-3-4-10(12)9(5-8)6-11/h3-7,14H,1-2H3,(H,13,15);3-5,12H,1-2H3,(H,11,13);3-5,7,11-12H,6H2,1-2H3. The van der Waals surface area contributed by atoms with Crippen LogP contribution in [-0.4, -0.2) is 30.4 Å². The number of rotatable bonds is 4. The summed E-state index contributed by atoms with van der Waals surface area (Å²) in [7, 11) is 0. The van der Waals surface area contributed by atoms with Crippen LogP contribution in [0, 0.1) is 0 Å². The predicted octanol–water partition coefficient (Wildman–Crippen LogP) is 6.78. The minimum Gasteiger partial charge on any atom is -0.508 e. The second-order valence-electron chi connectivity index (χ2n) is 10.7. The Morgan fingerprint density at radius 1 is 0.683 bits per heavy atom. The van der Waals surface area contributed by atoms with Crippen LogP contribution in [0.2, 0.25) is 0 Å². The van der Waals surface area contributed by atoms with E-state index in [1.54, 1.807) is 24.3 Å². The van der Waals surface area contributed by atoms with Crippen LogP contribution in [0.5, 0.6) is 17.2 Å². The van der Waals surface area contributed by atoms with Gasteiger partial charge in [0.25, 0.3) is 0 Å². The lowest BCUT2D eigenvalue weighted by Crippen LogP contribution is -2.03. The van der Waals surface area contributed by atoms with E-state index in [1.807, 2.05) is 24.3 Å². The van der Waals surface area contributed by atoms with Crippen LogP contribution in [0.1, 0.15) is 81.5 Å². The first-order chi connectivity index (χ1) is 19.3. The van der Waals surface area contributed by atoms with E-state index in [9.17, 15) is 24.9 Å². The van der Waals surface area contributed by atoms with Crippen molar-refractivity contribution in [3.8, 4) is 17.2 Å². The van der Waals surface area contributed by atoms with Gasteiger partial charge in [-0.2, -0.15) is 0 Å². The minimum absolute atomic E-state index is 0.105. The number of phenolic OH excluding ortho intramolecular Hbond substituents is 2. The fourth-order valence-corrected chi connectivity index (χ4v) is 5.37. The van der Waals surface area contributed by atoms with Crippen molar-refractivity contribution in [2.75, 3.05) is 0 Å². The molecule has 41 heavy (non-hydrogen) atoms. The Balaban J connectivity index is 0.000000170. The van der Waals surface area contributed by atoms with Gasteiger partial charge >= 0.3 is 4.87 Å². The molecule has 5 aromatic rings. The van der Waals surface area contributed by atoms with E-state index in [-0.39, 0.29) is 34.3 Å². The van der Waals surface area contributed by atoms with Crippen LogP contribution in [0.4, 0.5) is 0 Å². The molecule has 0 bridgehead atoms. The molecule has 0 radical (unpaired) electrons. The zero-order valence-electron chi connectivity index (χ0n) is 24.1. The summed E-state index contributed by atoms with van der Waals surface area (Å²) in [5.74, 6) is 1.57. The first-order valence-electron chi connectivity index (χ1n) is 13.5. The van der Waals surface area contributed by atoms with Crippen LogP contribution in [0.15, 0.2) is 64.2 Å². The first-order valence-corrected chi connectivity index (χ1v) is 14.3. The molecule has 0 aliphatic heterocycles. The summed E-state index contributed by atoms with van der Waals surface area (Å²) >= 11 is 1.15. The zero-order valence-corrected chi connectivity index (χ0v) is 25.0. The van der Waals surface area contributed by atoms with E-state index in [0.29, 0.717) is 34.4 Å². The van der Waals surface area contributed by atoms with Gasteiger partial charge in [0.2, 0.25) is 5.56 Å². The molecule has 8 nitrogen and oxygen atoms in total. The molecule has 218 valence electrons. The molecule has 2 aromatic heterocycles. The lowest BCUT2D eigenvalue weighted by Gasteiger charge is -2.10. The molecule has 0 amide bonds.